The van der Waals surface area contributed by atoms with Crippen molar-refractivity contribution >= 4 is 47.5 Å². The van der Waals surface area contributed by atoms with Crippen LogP contribution in [0.3, 0.4) is 0 Å². The Morgan fingerprint density at radius 2 is 1.21 bits per heavy atom. The topological polar surface area (TPSA) is 154 Å². The van der Waals surface area contributed by atoms with Crippen LogP contribution in [0.1, 0.15) is 53.8 Å². The van der Waals surface area contributed by atoms with E-state index in [9.17, 15) is 28.8 Å². The molecule has 0 radical (unpaired) electrons. The van der Waals surface area contributed by atoms with Crippen molar-refractivity contribution in [1.82, 2.24) is 10.6 Å². The third kappa shape index (κ3) is 10.9. The Labute approximate surface area is 230 Å². The minimum atomic E-state index is -1.47. The van der Waals surface area contributed by atoms with Crippen molar-refractivity contribution in [2.24, 2.45) is 5.92 Å². The lowest BCUT2D eigenvalue weighted by Gasteiger charge is -2.21. The van der Waals surface area contributed by atoms with Gasteiger partial charge in [0.05, 0.1) is 11.1 Å². The van der Waals surface area contributed by atoms with Gasteiger partial charge in [0.2, 0.25) is 0 Å². The second-order valence-corrected chi connectivity index (χ2v) is 8.88. The molecule has 2 atom stereocenters. The molecule has 0 heterocycles. The Morgan fingerprint density at radius 3 is 1.67 bits per heavy atom. The molecule has 0 saturated heterocycles. The first-order valence-corrected chi connectivity index (χ1v) is 12.5. The summed E-state index contributed by atoms with van der Waals surface area (Å²) in [6, 6.07) is 11.4. The molecular formula is C27H29ClN2O9. The number of alkyl halides is 1. The standard InChI is InChI=1S/C27H29ClN2O9/c1-17(2)15-21(26(35)39-24(33)19-11-7-4-8-12-19)30-27(36)29-20(13-14-22(31)37-16-28)25(34)38-23(32)18-9-5-3-6-10-18/h3-12,17,20-21H,13-16H2,1-2H3,(H2,29,30,36)/t20-,21-/m0/s1. The molecule has 0 bridgehead atoms. The second kappa shape index (κ2) is 15.9. The number of carbonyl (C=O) groups excluding carboxylic acids is 6. The largest absolute Gasteiger partial charge is 0.449 e. The zero-order valence-electron chi connectivity index (χ0n) is 21.4. The van der Waals surface area contributed by atoms with Crippen molar-refractivity contribution in [1.29, 1.82) is 0 Å². The molecule has 0 unspecified atom stereocenters. The van der Waals surface area contributed by atoms with Gasteiger partial charge in [-0.3, -0.25) is 4.79 Å². The molecule has 208 valence electrons. The van der Waals surface area contributed by atoms with E-state index < -0.39 is 54.0 Å². The Bertz CT molecular complexity index is 1160. The molecular weight excluding hydrogens is 532 g/mol. The van der Waals surface area contributed by atoms with Crippen LogP contribution in [0.2, 0.25) is 0 Å². The normalized spacial score (nSPS) is 12.0. The van der Waals surface area contributed by atoms with E-state index in [0.717, 1.165) is 0 Å². The van der Waals surface area contributed by atoms with Gasteiger partial charge in [0.25, 0.3) is 0 Å². The van der Waals surface area contributed by atoms with Gasteiger partial charge in [-0.15, -0.1) is 0 Å². The van der Waals surface area contributed by atoms with Gasteiger partial charge in [0.15, 0.2) is 6.07 Å². The van der Waals surface area contributed by atoms with Crippen molar-refractivity contribution in [3.05, 3.63) is 71.8 Å². The minimum Gasteiger partial charge on any atom is -0.449 e. The smallest absolute Gasteiger partial charge is 0.345 e. The number of benzene rings is 2. The van der Waals surface area contributed by atoms with Crippen molar-refractivity contribution in [3.63, 3.8) is 0 Å². The van der Waals surface area contributed by atoms with Crippen LogP contribution in [0.5, 0.6) is 0 Å². The molecule has 39 heavy (non-hydrogen) atoms. The molecule has 2 aromatic carbocycles. The van der Waals surface area contributed by atoms with Crippen molar-refractivity contribution in [2.45, 2.75) is 45.2 Å². The SMILES string of the molecule is CC(C)C[C@H](NC(=O)N[C@@H](CCC(=O)OCCl)C(=O)OC(=O)c1ccccc1)C(=O)OC(=O)c1ccccc1. The third-order valence-corrected chi connectivity index (χ3v) is 5.25. The first-order valence-electron chi connectivity index (χ1n) is 12.0. The van der Waals surface area contributed by atoms with Crippen LogP contribution in [0.25, 0.3) is 0 Å². The summed E-state index contributed by atoms with van der Waals surface area (Å²) in [6.45, 7) is 3.58. The van der Waals surface area contributed by atoms with E-state index in [1.807, 2.05) is 0 Å². The molecule has 2 amide bonds. The fraction of sp³-hybridized carbons (Fsp3) is 0.333. The number of halogens is 1. The highest BCUT2D eigenvalue weighted by Crippen LogP contribution is 2.11. The maximum Gasteiger partial charge on any atom is 0.345 e. The van der Waals surface area contributed by atoms with E-state index in [1.165, 1.54) is 24.3 Å². The van der Waals surface area contributed by atoms with Gasteiger partial charge >= 0.3 is 35.9 Å². The monoisotopic (exact) mass is 560 g/mol. The summed E-state index contributed by atoms with van der Waals surface area (Å²) >= 11 is 5.37. The number of amides is 2. The van der Waals surface area contributed by atoms with Crippen LogP contribution in [0, 0.1) is 5.92 Å². The molecule has 0 fully saturated rings. The molecule has 2 rings (SSSR count). The maximum absolute atomic E-state index is 12.8. The Kier molecular flexibility index (Phi) is 12.6. The maximum atomic E-state index is 12.8. The van der Waals surface area contributed by atoms with E-state index in [1.54, 1.807) is 50.2 Å². The average Bonchev–Trinajstić information content (AvgIpc) is 2.91. The quantitative estimate of drug-likeness (QED) is 0.172. The number of ether oxygens (including phenoxy) is 3. The predicted molar refractivity (Wildman–Crippen MR) is 138 cm³/mol. The number of nitrogens with one attached hydrogen (secondary N) is 2. The van der Waals surface area contributed by atoms with Crippen LogP contribution in [0.15, 0.2) is 60.7 Å². The zero-order valence-corrected chi connectivity index (χ0v) is 22.1. The first kappa shape index (κ1) is 31.0. The molecule has 0 saturated carbocycles. The summed E-state index contributed by atoms with van der Waals surface area (Å²) in [4.78, 5) is 74.6. The van der Waals surface area contributed by atoms with E-state index in [-0.39, 0.29) is 36.3 Å². The van der Waals surface area contributed by atoms with Gasteiger partial charge in [-0.1, -0.05) is 61.8 Å². The molecule has 0 aliphatic heterocycles. The molecule has 0 aliphatic rings. The van der Waals surface area contributed by atoms with Crippen LogP contribution in [0.4, 0.5) is 4.79 Å². The molecule has 0 spiro atoms. The number of hydrogen-bond acceptors (Lipinski definition) is 9. The summed E-state index contributed by atoms with van der Waals surface area (Å²) < 4.78 is 14.4. The lowest BCUT2D eigenvalue weighted by atomic mass is 10.0. The summed E-state index contributed by atoms with van der Waals surface area (Å²) in [7, 11) is 0. The van der Waals surface area contributed by atoms with Crippen molar-refractivity contribution < 1.29 is 43.0 Å². The van der Waals surface area contributed by atoms with Gasteiger partial charge in [0.1, 0.15) is 12.1 Å². The summed E-state index contributed by atoms with van der Waals surface area (Å²) in [6.07, 6.45) is -0.525. The number of urea groups is 1. The Balaban J connectivity index is 2.10. The van der Waals surface area contributed by atoms with Gasteiger partial charge < -0.3 is 24.8 Å². The number of rotatable bonds is 12. The van der Waals surface area contributed by atoms with E-state index in [0.29, 0.717) is 0 Å². The lowest BCUT2D eigenvalue weighted by Crippen LogP contribution is -2.52. The highest BCUT2D eigenvalue weighted by atomic mass is 35.5. The zero-order chi connectivity index (χ0) is 28.8. The van der Waals surface area contributed by atoms with Gasteiger partial charge in [-0.2, -0.15) is 0 Å². The first-order chi connectivity index (χ1) is 18.6. The molecule has 0 aliphatic carbocycles. The van der Waals surface area contributed by atoms with E-state index in [4.69, 9.17) is 21.1 Å². The molecule has 12 heteroatoms. The molecule has 2 N–H and O–H groups in total. The van der Waals surface area contributed by atoms with Crippen molar-refractivity contribution in [2.75, 3.05) is 6.07 Å². The summed E-state index contributed by atoms with van der Waals surface area (Å²) in [5, 5.41) is 4.69. The lowest BCUT2D eigenvalue weighted by molar-refractivity contribution is -0.143. The highest BCUT2D eigenvalue weighted by Gasteiger charge is 2.30. The summed E-state index contributed by atoms with van der Waals surface area (Å²) in [5.41, 5.74) is 0.242. The molecule has 0 aromatic heterocycles. The van der Waals surface area contributed by atoms with Crippen LogP contribution >= 0.6 is 11.6 Å². The van der Waals surface area contributed by atoms with E-state index >= 15 is 0 Å². The van der Waals surface area contributed by atoms with Crippen LogP contribution in [-0.4, -0.2) is 54.0 Å². The average molecular weight is 561 g/mol. The van der Waals surface area contributed by atoms with Gasteiger partial charge in [-0.05, 0) is 43.0 Å². The van der Waals surface area contributed by atoms with E-state index in [2.05, 4.69) is 15.4 Å². The van der Waals surface area contributed by atoms with Crippen LogP contribution in [-0.2, 0) is 28.6 Å². The minimum absolute atomic E-state index is 0.0933. The fourth-order valence-electron chi connectivity index (χ4n) is 3.28. The summed E-state index contributed by atoms with van der Waals surface area (Å²) in [5.74, 6) is -4.84. The predicted octanol–water partition coefficient (Wildman–Crippen LogP) is 3.36. The van der Waals surface area contributed by atoms with Gasteiger partial charge in [0, 0.05) is 6.42 Å². The molecule has 2 aromatic rings. The molecule has 11 nitrogen and oxygen atoms in total. The number of hydrogen-bond donors (Lipinski definition) is 2. The Hall–Kier alpha value is -4.25. The number of carbonyl (C=O) groups is 6. The fourth-order valence-corrected chi connectivity index (χ4v) is 3.40. The Morgan fingerprint density at radius 1 is 0.744 bits per heavy atom. The van der Waals surface area contributed by atoms with Crippen LogP contribution < -0.4 is 10.6 Å². The van der Waals surface area contributed by atoms with Gasteiger partial charge in [-0.25, -0.2) is 24.0 Å². The number of esters is 5. The third-order valence-electron chi connectivity index (χ3n) is 5.15. The second-order valence-electron chi connectivity index (χ2n) is 8.67. The highest BCUT2D eigenvalue weighted by molar-refractivity contribution is 6.17. The van der Waals surface area contributed by atoms with Crippen molar-refractivity contribution in [3.8, 4) is 0 Å².